The van der Waals surface area contributed by atoms with E-state index in [-0.39, 0.29) is 5.91 Å². The highest BCUT2D eigenvalue weighted by molar-refractivity contribution is 6.44. The van der Waals surface area contributed by atoms with Crippen LogP contribution in [0.25, 0.3) is 0 Å². The van der Waals surface area contributed by atoms with E-state index in [9.17, 15) is 4.79 Å². The molecule has 2 nitrogen and oxygen atoms in total. The van der Waals surface area contributed by atoms with Crippen molar-refractivity contribution in [1.82, 2.24) is 0 Å². The molecule has 2 aromatic rings. The summed E-state index contributed by atoms with van der Waals surface area (Å²) in [7, 11) is 0. The lowest BCUT2D eigenvalue weighted by molar-refractivity contribution is -0.118. The number of benzene rings is 2. The molecule has 0 aliphatic heterocycles. The highest BCUT2D eigenvalue weighted by Crippen LogP contribution is 2.49. The van der Waals surface area contributed by atoms with E-state index in [2.05, 4.69) is 5.32 Å². The van der Waals surface area contributed by atoms with Crippen molar-refractivity contribution in [3.8, 4) is 0 Å². The van der Waals surface area contributed by atoms with Gasteiger partial charge in [-0.15, -0.1) is 0 Å². The highest BCUT2D eigenvalue weighted by atomic mass is 35.5. The van der Waals surface area contributed by atoms with Crippen molar-refractivity contribution >= 4 is 34.8 Å². The summed E-state index contributed by atoms with van der Waals surface area (Å²) in [6.07, 6.45) is 1.72. The number of carbonyl (C=O) groups excluding carboxylic acids is 1. The Balaban J connectivity index is 1.86. The SMILES string of the molecule is O=C(Nc1cccc(Cl)c1Cl)C1(c2ccccc2)CC1. The second kappa shape index (κ2) is 5.12. The van der Waals surface area contributed by atoms with Gasteiger partial charge >= 0.3 is 0 Å². The Morgan fingerprint density at radius 2 is 1.70 bits per heavy atom. The van der Waals surface area contributed by atoms with Crippen LogP contribution in [0.5, 0.6) is 0 Å². The van der Waals surface area contributed by atoms with Crippen LogP contribution in [-0.4, -0.2) is 5.91 Å². The Bertz CT molecular complexity index is 651. The van der Waals surface area contributed by atoms with E-state index in [1.165, 1.54) is 0 Å². The molecular formula is C16H13Cl2NO. The van der Waals surface area contributed by atoms with Crippen LogP contribution in [0.3, 0.4) is 0 Å². The van der Waals surface area contributed by atoms with Crippen LogP contribution < -0.4 is 5.32 Å². The summed E-state index contributed by atoms with van der Waals surface area (Å²) in [4.78, 5) is 12.5. The normalized spacial score (nSPS) is 15.7. The zero-order valence-corrected chi connectivity index (χ0v) is 12.2. The van der Waals surface area contributed by atoms with Gasteiger partial charge in [-0.2, -0.15) is 0 Å². The van der Waals surface area contributed by atoms with E-state index < -0.39 is 5.41 Å². The fraction of sp³-hybridized carbons (Fsp3) is 0.188. The summed E-state index contributed by atoms with van der Waals surface area (Å²) in [5, 5.41) is 3.72. The molecule has 1 N–H and O–H groups in total. The summed E-state index contributed by atoms with van der Waals surface area (Å²) in [6, 6.07) is 15.1. The van der Waals surface area contributed by atoms with E-state index >= 15 is 0 Å². The number of hydrogen-bond donors (Lipinski definition) is 1. The number of halogens is 2. The number of amides is 1. The first-order valence-corrected chi connectivity index (χ1v) is 7.20. The Morgan fingerprint density at radius 1 is 1.00 bits per heavy atom. The maximum absolute atomic E-state index is 12.5. The van der Waals surface area contributed by atoms with Gasteiger partial charge in [0, 0.05) is 0 Å². The molecule has 0 atom stereocenters. The highest BCUT2D eigenvalue weighted by Gasteiger charge is 2.51. The number of anilines is 1. The fourth-order valence-corrected chi connectivity index (χ4v) is 2.72. The molecule has 0 heterocycles. The minimum atomic E-state index is -0.410. The first-order valence-electron chi connectivity index (χ1n) is 6.44. The van der Waals surface area contributed by atoms with Gasteiger partial charge in [0.2, 0.25) is 5.91 Å². The molecule has 0 bridgehead atoms. The molecule has 1 saturated carbocycles. The monoisotopic (exact) mass is 305 g/mol. The zero-order chi connectivity index (χ0) is 14.2. The Labute approximate surface area is 127 Å². The lowest BCUT2D eigenvalue weighted by Crippen LogP contribution is -2.27. The molecule has 1 fully saturated rings. The second-order valence-corrected chi connectivity index (χ2v) is 5.79. The summed E-state index contributed by atoms with van der Waals surface area (Å²) in [5.41, 5.74) is 1.20. The molecule has 1 aliphatic carbocycles. The van der Waals surface area contributed by atoms with E-state index in [4.69, 9.17) is 23.2 Å². The standard InChI is InChI=1S/C16H13Cl2NO/c17-12-7-4-8-13(14(12)18)19-15(20)16(9-10-16)11-5-2-1-3-6-11/h1-8H,9-10H2,(H,19,20). The van der Waals surface area contributed by atoms with Gasteiger partial charge in [-0.1, -0.05) is 59.6 Å². The molecule has 3 rings (SSSR count). The van der Waals surface area contributed by atoms with Crippen molar-refractivity contribution in [3.63, 3.8) is 0 Å². The molecule has 2 aromatic carbocycles. The first kappa shape index (κ1) is 13.5. The Morgan fingerprint density at radius 3 is 2.35 bits per heavy atom. The van der Waals surface area contributed by atoms with Gasteiger partial charge in [0.1, 0.15) is 0 Å². The zero-order valence-electron chi connectivity index (χ0n) is 10.7. The molecule has 102 valence electrons. The third-order valence-electron chi connectivity index (χ3n) is 3.71. The maximum atomic E-state index is 12.5. The lowest BCUT2D eigenvalue weighted by Gasteiger charge is -2.16. The predicted molar refractivity (Wildman–Crippen MR) is 82.4 cm³/mol. The van der Waals surface area contributed by atoms with Gasteiger partial charge in [-0.3, -0.25) is 4.79 Å². The van der Waals surface area contributed by atoms with Crippen molar-refractivity contribution in [2.45, 2.75) is 18.3 Å². The number of hydrogen-bond acceptors (Lipinski definition) is 1. The second-order valence-electron chi connectivity index (χ2n) is 5.00. The van der Waals surface area contributed by atoms with Gasteiger partial charge in [0.05, 0.1) is 21.1 Å². The quantitative estimate of drug-likeness (QED) is 0.877. The van der Waals surface area contributed by atoms with Crippen molar-refractivity contribution in [2.24, 2.45) is 0 Å². The van der Waals surface area contributed by atoms with E-state index in [1.807, 2.05) is 30.3 Å². The van der Waals surface area contributed by atoms with Crippen LogP contribution in [0.2, 0.25) is 10.0 Å². The van der Waals surface area contributed by atoms with Gasteiger partial charge in [-0.05, 0) is 30.5 Å². The van der Waals surface area contributed by atoms with Crippen LogP contribution in [0, 0.1) is 0 Å². The van der Waals surface area contributed by atoms with Crippen molar-refractivity contribution in [1.29, 1.82) is 0 Å². The maximum Gasteiger partial charge on any atom is 0.235 e. The van der Waals surface area contributed by atoms with Gasteiger partial charge in [0.15, 0.2) is 0 Å². The summed E-state index contributed by atoms with van der Waals surface area (Å²) in [5.74, 6) is -0.0205. The Kier molecular flexibility index (Phi) is 3.45. The first-order chi connectivity index (χ1) is 9.63. The average Bonchev–Trinajstić information content (AvgIpc) is 3.26. The molecule has 20 heavy (non-hydrogen) atoms. The minimum absolute atomic E-state index is 0.0205. The van der Waals surface area contributed by atoms with Crippen molar-refractivity contribution < 1.29 is 4.79 Å². The van der Waals surface area contributed by atoms with E-state index in [1.54, 1.807) is 18.2 Å². The molecule has 0 spiro atoms. The Hall–Kier alpha value is -1.51. The van der Waals surface area contributed by atoms with Crippen LogP contribution in [0.4, 0.5) is 5.69 Å². The van der Waals surface area contributed by atoms with Gasteiger partial charge < -0.3 is 5.32 Å². The van der Waals surface area contributed by atoms with Crippen LogP contribution in [0.15, 0.2) is 48.5 Å². The summed E-state index contributed by atoms with van der Waals surface area (Å²) < 4.78 is 0. The molecule has 1 amide bonds. The van der Waals surface area contributed by atoms with Crippen molar-refractivity contribution in [2.75, 3.05) is 5.32 Å². The average molecular weight is 306 g/mol. The molecule has 0 radical (unpaired) electrons. The minimum Gasteiger partial charge on any atom is -0.324 e. The molecule has 4 heteroatoms. The third kappa shape index (κ3) is 2.30. The fourth-order valence-electron chi connectivity index (χ4n) is 2.37. The smallest absolute Gasteiger partial charge is 0.235 e. The lowest BCUT2D eigenvalue weighted by atomic mass is 9.95. The molecule has 0 saturated heterocycles. The van der Waals surface area contributed by atoms with Crippen LogP contribution in [0.1, 0.15) is 18.4 Å². The van der Waals surface area contributed by atoms with E-state index in [0.717, 1.165) is 18.4 Å². The van der Waals surface area contributed by atoms with Crippen LogP contribution in [-0.2, 0) is 10.2 Å². The largest absolute Gasteiger partial charge is 0.324 e. The summed E-state index contributed by atoms with van der Waals surface area (Å²) >= 11 is 12.1. The topological polar surface area (TPSA) is 29.1 Å². The van der Waals surface area contributed by atoms with E-state index in [0.29, 0.717) is 15.7 Å². The molecule has 0 aromatic heterocycles. The third-order valence-corrected chi connectivity index (χ3v) is 4.53. The summed E-state index contributed by atoms with van der Waals surface area (Å²) in [6.45, 7) is 0. The molecular weight excluding hydrogens is 293 g/mol. The number of nitrogens with one attached hydrogen (secondary N) is 1. The van der Waals surface area contributed by atoms with Crippen molar-refractivity contribution in [3.05, 3.63) is 64.1 Å². The van der Waals surface area contributed by atoms with Gasteiger partial charge in [-0.25, -0.2) is 0 Å². The number of carbonyl (C=O) groups is 1. The van der Waals surface area contributed by atoms with Gasteiger partial charge in [0.25, 0.3) is 0 Å². The molecule has 1 aliphatic rings. The predicted octanol–water partition coefficient (Wildman–Crippen LogP) is 4.66. The van der Waals surface area contributed by atoms with Crippen LogP contribution >= 0.6 is 23.2 Å². The molecule has 0 unspecified atom stereocenters. The number of rotatable bonds is 3.